The summed E-state index contributed by atoms with van der Waals surface area (Å²) in [6.07, 6.45) is 3.18. The molecule has 0 spiro atoms. The fourth-order valence-corrected chi connectivity index (χ4v) is 4.19. The molecule has 3 aromatic rings. The Morgan fingerprint density at radius 2 is 2.00 bits per heavy atom. The van der Waals surface area contributed by atoms with Gasteiger partial charge >= 0.3 is 0 Å². The molecule has 0 radical (unpaired) electrons. The van der Waals surface area contributed by atoms with Crippen molar-refractivity contribution in [1.82, 2.24) is 19.4 Å². The van der Waals surface area contributed by atoms with E-state index in [0.717, 1.165) is 0 Å². The molecule has 3 rings (SSSR count). The van der Waals surface area contributed by atoms with Crippen LogP contribution in [0, 0.1) is 19.7 Å². The van der Waals surface area contributed by atoms with Gasteiger partial charge in [-0.15, -0.1) is 0 Å². The number of imidazole rings is 1. The monoisotopic (exact) mass is 364 g/mol. The number of halogens is 1. The van der Waals surface area contributed by atoms with Crippen LogP contribution in [0.25, 0.3) is 0 Å². The zero-order chi connectivity index (χ0) is 18.2. The van der Waals surface area contributed by atoms with Gasteiger partial charge in [-0.2, -0.15) is 4.72 Å². The van der Waals surface area contributed by atoms with Crippen molar-refractivity contribution in [2.45, 2.75) is 24.8 Å². The average molecular weight is 364 g/mol. The molecule has 0 aliphatic heterocycles. The van der Waals surface area contributed by atoms with Gasteiger partial charge in [-0.05, 0) is 19.9 Å². The molecule has 1 atom stereocenters. The Morgan fingerprint density at radius 1 is 1.28 bits per heavy atom. The summed E-state index contributed by atoms with van der Waals surface area (Å²) < 4.78 is 49.2. The molecule has 0 amide bonds. The van der Waals surface area contributed by atoms with Gasteiger partial charge in [0.25, 0.3) is 0 Å². The van der Waals surface area contributed by atoms with Gasteiger partial charge in [0.05, 0.1) is 0 Å². The van der Waals surface area contributed by atoms with E-state index in [2.05, 4.69) is 14.9 Å². The third kappa shape index (κ3) is 3.20. The predicted octanol–water partition coefficient (Wildman–Crippen LogP) is 2.23. The highest BCUT2D eigenvalue weighted by Crippen LogP contribution is 2.27. The van der Waals surface area contributed by atoms with Crippen LogP contribution in [0.15, 0.2) is 46.1 Å². The molecule has 1 N–H and O–H groups in total. The molecule has 7 nitrogen and oxygen atoms in total. The number of nitrogens with zero attached hydrogens (tertiary/aromatic N) is 3. The molecule has 0 unspecified atom stereocenters. The van der Waals surface area contributed by atoms with Crippen molar-refractivity contribution in [1.29, 1.82) is 0 Å². The van der Waals surface area contributed by atoms with Gasteiger partial charge in [0.1, 0.15) is 28.3 Å². The van der Waals surface area contributed by atoms with Crippen molar-refractivity contribution >= 4 is 10.0 Å². The first-order valence-corrected chi connectivity index (χ1v) is 8.96. The van der Waals surface area contributed by atoms with Crippen LogP contribution in [0.1, 0.15) is 28.9 Å². The maximum absolute atomic E-state index is 14.3. The Balaban J connectivity index is 2.11. The van der Waals surface area contributed by atoms with Gasteiger partial charge < -0.3 is 9.09 Å². The Hall–Kier alpha value is -2.52. The van der Waals surface area contributed by atoms with E-state index in [9.17, 15) is 12.8 Å². The minimum absolute atomic E-state index is 0.0527. The lowest BCUT2D eigenvalue weighted by atomic mass is 10.1. The molecule has 1 aromatic carbocycles. The fourth-order valence-electron chi connectivity index (χ4n) is 2.69. The van der Waals surface area contributed by atoms with Crippen LogP contribution >= 0.6 is 0 Å². The minimum Gasteiger partial charge on any atom is -0.360 e. The van der Waals surface area contributed by atoms with E-state index in [1.165, 1.54) is 38.2 Å². The molecule has 0 saturated carbocycles. The molecule has 0 fully saturated rings. The molecule has 9 heteroatoms. The molecule has 2 aromatic heterocycles. The van der Waals surface area contributed by atoms with E-state index in [1.54, 1.807) is 23.9 Å². The second-order valence-corrected chi connectivity index (χ2v) is 7.28. The van der Waals surface area contributed by atoms with Crippen molar-refractivity contribution in [3.05, 3.63) is 65.3 Å². The number of sulfonamides is 1. The highest BCUT2D eigenvalue weighted by atomic mass is 32.2. The van der Waals surface area contributed by atoms with Crippen LogP contribution in [-0.4, -0.2) is 23.1 Å². The van der Waals surface area contributed by atoms with Crippen LogP contribution in [-0.2, 0) is 17.1 Å². The summed E-state index contributed by atoms with van der Waals surface area (Å²) >= 11 is 0. The summed E-state index contributed by atoms with van der Waals surface area (Å²) in [7, 11) is -2.30. The maximum atomic E-state index is 14.3. The van der Waals surface area contributed by atoms with Crippen molar-refractivity contribution in [2.24, 2.45) is 7.05 Å². The van der Waals surface area contributed by atoms with Crippen LogP contribution in [0.5, 0.6) is 0 Å². The van der Waals surface area contributed by atoms with Gasteiger partial charge in [-0.3, -0.25) is 0 Å². The zero-order valence-corrected chi connectivity index (χ0v) is 14.7. The first-order chi connectivity index (χ1) is 11.8. The van der Waals surface area contributed by atoms with Crippen molar-refractivity contribution in [3.8, 4) is 0 Å². The topological polar surface area (TPSA) is 90.0 Å². The molecule has 0 bridgehead atoms. The van der Waals surface area contributed by atoms with Gasteiger partial charge in [0.15, 0.2) is 5.76 Å². The molecule has 2 heterocycles. The number of nitrogens with one attached hydrogen (secondary N) is 1. The van der Waals surface area contributed by atoms with Crippen LogP contribution in [0.2, 0.25) is 0 Å². The second-order valence-electron chi connectivity index (χ2n) is 5.63. The Morgan fingerprint density at radius 3 is 2.56 bits per heavy atom. The second kappa shape index (κ2) is 6.41. The van der Waals surface area contributed by atoms with Crippen LogP contribution in [0.4, 0.5) is 4.39 Å². The normalized spacial score (nSPS) is 13.1. The van der Waals surface area contributed by atoms with Gasteiger partial charge in [0, 0.05) is 25.0 Å². The van der Waals surface area contributed by atoms with Gasteiger partial charge in [-0.1, -0.05) is 23.4 Å². The van der Waals surface area contributed by atoms with Crippen molar-refractivity contribution in [3.63, 3.8) is 0 Å². The average Bonchev–Trinajstić information content (AvgIpc) is 3.11. The van der Waals surface area contributed by atoms with E-state index in [4.69, 9.17) is 4.52 Å². The maximum Gasteiger partial charge on any atom is 0.246 e. The van der Waals surface area contributed by atoms with E-state index < -0.39 is 21.9 Å². The number of aromatic nitrogens is 3. The van der Waals surface area contributed by atoms with E-state index >= 15 is 0 Å². The Labute approximate surface area is 144 Å². The lowest BCUT2D eigenvalue weighted by molar-refractivity contribution is 0.390. The lowest BCUT2D eigenvalue weighted by Gasteiger charge is -2.19. The lowest BCUT2D eigenvalue weighted by Crippen LogP contribution is -2.32. The molecule has 0 aliphatic carbocycles. The number of hydrogen-bond acceptors (Lipinski definition) is 5. The molecule has 25 heavy (non-hydrogen) atoms. The molecule has 132 valence electrons. The molecule has 0 saturated heterocycles. The highest BCUT2D eigenvalue weighted by molar-refractivity contribution is 7.89. The van der Waals surface area contributed by atoms with Crippen molar-refractivity contribution < 1.29 is 17.3 Å². The smallest absolute Gasteiger partial charge is 0.246 e. The highest BCUT2D eigenvalue weighted by Gasteiger charge is 2.31. The minimum atomic E-state index is -4.01. The summed E-state index contributed by atoms with van der Waals surface area (Å²) in [5, 5.41) is 3.67. The fraction of sp³-hybridized carbons (Fsp3) is 0.250. The van der Waals surface area contributed by atoms with Crippen LogP contribution < -0.4 is 4.72 Å². The summed E-state index contributed by atoms with van der Waals surface area (Å²) in [6, 6.07) is 4.97. The summed E-state index contributed by atoms with van der Waals surface area (Å²) in [4.78, 5) is 4.12. The largest absolute Gasteiger partial charge is 0.360 e. The summed E-state index contributed by atoms with van der Waals surface area (Å²) in [6.45, 7) is 3.04. The number of aryl methyl sites for hydroxylation is 3. The Bertz CT molecular complexity index is 991. The Kier molecular flexibility index (Phi) is 4.44. The molecular weight excluding hydrogens is 347 g/mol. The third-order valence-corrected chi connectivity index (χ3v) is 5.51. The number of rotatable bonds is 5. The molecule has 0 aliphatic rings. The number of benzene rings is 1. The predicted molar refractivity (Wildman–Crippen MR) is 87.7 cm³/mol. The van der Waals surface area contributed by atoms with E-state index in [1.807, 2.05) is 0 Å². The summed E-state index contributed by atoms with van der Waals surface area (Å²) in [5.74, 6) is -0.00507. The van der Waals surface area contributed by atoms with Gasteiger partial charge in [0.2, 0.25) is 10.0 Å². The number of hydrogen-bond donors (Lipinski definition) is 1. The first kappa shape index (κ1) is 17.3. The van der Waals surface area contributed by atoms with Crippen molar-refractivity contribution in [2.75, 3.05) is 0 Å². The SMILES string of the molecule is Cc1noc(C)c1S(=O)(=O)N[C@@H](c1ccccc1F)c1nccn1C. The van der Waals surface area contributed by atoms with E-state index in [0.29, 0.717) is 5.82 Å². The molecular formula is C16H17FN4O3S. The quantitative estimate of drug-likeness (QED) is 0.750. The van der Waals surface area contributed by atoms with E-state index in [-0.39, 0.29) is 21.9 Å². The summed E-state index contributed by atoms with van der Waals surface area (Å²) in [5.41, 5.74) is 0.407. The third-order valence-electron chi connectivity index (χ3n) is 3.84. The van der Waals surface area contributed by atoms with Gasteiger partial charge in [-0.25, -0.2) is 17.8 Å². The standard InChI is InChI=1S/C16H17FN4O3S/c1-10-15(11(2)24-19-10)25(22,23)20-14(16-18-8-9-21(16)3)12-6-4-5-7-13(12)17/h4-9,14,20H,1-3H3/t14-/m0/s1. The zero-order valence-electron chi connectivity index (χ0n) is 13.9. The first-order valence-electron chi connectivity index (χ1n) is 7.48. The van der Waals surface area contributed by atoms with Crippen LogP contribution in [0.3, 0.4) is 0 Å².